The fourth-order valence-electron chi connectivity index (χ4n) is 2.91. The molecule has 0 aliphatic heterocycles. The highest BCUT2D eigenvalue weighted by Crippen LogP contribution is 2.27. The van der Waals surface area contributed by atoms with Crippen LogP contribution in [0.15, 0.2) is 47.4 Å². The summed E-state index contributed by atoms with van der Waals surface area (Å²) in [6, 6.07) is 11.7. The SMILES string of the molecule is CCCc1ccc(C(=O)CCC(=O)Nc2cc(S(N)(=O)=O)ccc2N(C)C)cc1. The van der Waals surface area contributed by atoms with Crippen LogP contribution in [0.2, 0.25) is 0 Å². The summed E-state index contributed by atoms with van der Waals surface area (Å²) in [6.45, 7) is 2.10. The van der Waals surface area contributed by atoms with Gasteiger partial charge in [0.05, 0.1) is 16.3 Å². The Morgan fingerprint density at radius 3 is 2.24 bits per heavy atom. The van der Waals surface area contributed by atoms with E-state index in [1.165, 1.54) is 17.7 Å². The normalized spacial score (nSPS) is 11.2. The van der Waals surface area contributed by atoms with Crippen molar-refractivity contribution in [2.45, 2.75) is 37.5 Å². The van der Waals surface area contributed by atoms with E-state index < -0.39 is 10.0 Å². The van der Waals surface area contributed by atoms with Crippen molar-refractivity contribution in [3.8, 4) is 0 Å². The molecule has 0 saturated heterocycles. The first-order valence-corrected chi connectivity index (χ1v) is 10.9. The Morgan fingerprint density at radius 1 is 1.03 bits per heavy atom. The van der Waals surface area contributed by atoms with Gasteiger partial charge in [0.1, 0.15) is 0 Å². The summed E-state index contributed by atoms with van der Waals surface area (Å²) in [7, 11) is -0.355. The van der Waals surface area contributed by atoms with Crippen molar-refractivity contribution in [3.05, 3.63) is 53.6 Å². The molecule has 0 spiro atoms. The number of sulfonamides is 1. The van der Waals surface area contributed by atoms with Crippen molar-refractivity contribution in [2.75, 3.05) is 24.3 Å². The Balaban J connectivity index is 2.05. The zero-order chi connectivity index (χ0) is 21.6. The molecule has 0 heterocycles. The number of anilines is 2. The van der Waals surface area contributed by atoms with Gasteiger partial charge in [-0.05, 0) is 30.2 Å². The van der Waals surface area contributed by atoms with Crippen LogP contribution in [0.3, 0.4) is 0 Å². The van der Waals surface area contributed by atoms with Crippen LogP contribution in [-0.2, 0) is 21.2 Å². The maximum atomic E-state index is 12.4. The van der Waals surface area contributed by atoms with E-state index in [0.717, 1.165) is 12.8 Å². The average molecular weight is 418 g/mol. The minimum absolute atomic E-state index is 0.0119. The van der Waals surface area contributed by atoms with Crippen molar-refractivity contribution in [3.63, 3.8) is 0 Å². The zero-order valence-corrected chi connectivity index (χ0v) is 17.8. The first-order valence-electron chi connectivity index (χ1n) is 9.38. The van der Waals surface area contributed by atoms with Crippen LogP contribution >= 0.6 is 0 Å². The Hall–Kier alpha value is -2.71. The zero-order valence-electron chi connectivity index (χ0n) is 16.9. The topological polar surface area (TPSA) is 110 Å². The predicted molar refractivity (Wildman–Crippen MR) is 115 cm³/mol. The van der Waals surface area contributed by atoms with Gasteiger partial charge in [0.15, 0.2) is 5.78 Å². The lowest BCUT2D eigenvalue weighted by molar-refractivity contribution is -0.116. The van der Waals surface area contributed by atoms with Crippen molar-refractivity contribution in [1.82, 2.24) is 0 Å². The maximum absolute atomic E-state index is 12.4. The molecule has 2 rings (SSSR count). The monoisotopic (exact) mass is 417 g/mol. The smallest absolute Gasteiger partial charge is 0.238 e. The highest BCUT2D eigenvalue weighted by molar-refractivity contribution is 7.89. The van der Waals surface area contributed by atoms with Crippen LogP contribution in [0.4, 0.5) is 11.4 Å². The van der Waals surface area contributed by atoms with Crippen molar-refractivity contribution < 1.29 is 18.0 Å². The molecule has 0 atom stereocenters. The molecule has 0 bridgehead atoms. The molecule has 7 nitrogen and oxygen atoms in total. The number of amides is 1. The van der Waals surface area contributed by atoms with E-state index in [-0.39, 0.29) is 29.4 Å². The van der Waals surface area contributed by atoms with Crippen molar-refractivity contribution in [2.24, 2.45) is 5.14 Å². The number of Topliss-reactive ketones (excluding diaryl/α,β-unsaturated/α-hetero) is 1. The molecule has 29 heavy (non-hydrogen) atoms. The second-order valence-electron chi connectivity index (χ2n) is 7.04. The van der Waals surface area contributed by atoms with Gasteiger partial charge in [0.25, 0.3) is 0 Å². The summed E-state index contributed by atoms with van der Waals surface area (Å²) in [6.07, 6.45) is 2.05. The number of aryl methyl sites for hydroxylation is 1. The first-order chi connectivity index (χ1) is 13.6. The van der Waals surface area contributed by atoms with Gasteiger partial charge in [-0.25, -0.2) is 13.6 Å². The Kier molecular flexibility index (Phi) is 7.53. The number of nitrogens with two attached hydrogens (primary N) is 1. The third-order valence-corrected chi connectivity index (χ3v) is 5.36. The van der Waals surface area contributed by atoms with Gasteiger partial charge >= 0.3 is 0 Å². The predicted octanol–water partition coefficient (Wildman–Crippen LogP) is 2.95. The number of benzene rings is 2. The highest BCUT2D eigenvalue weighted by atomic mass is 32.2. The van der Waals surface area contributed by atoms with Crippen LogP contribution in [0.1, 0.15) is 42.1 Å². The number of nitrogens with one attached hydrogen (secondary N) is 1. The summed E-state index contributed by atoms with van der Waals surface area (Å²) >= 11 is 0. The molecule has 0 radical (unpaired) electrons. The summed E-state index contributed by atoms with van der Waals surface area (Å²) in [5.74, 6) is -0.495. The van der Waals surface area contributed by atoms with E-state index in [4.69, 9.17) is 5.14 Å². The molecule has 0 aliphatic carbocycles. The van der Waals surface area contributed by atoms with E-state index in [0.29, 0.717) is 16.9 Å². The number of hydrogen-bond donors (Lipinski definition) is 2. The summed E-state index contributed by atoms with van der Waals surface area (Å²) in [4.78, 5) is 26.4. The van der Waals surface area contributed by atoms with Gasteiger partial charge in [-0.3, -0.25) is 9.59 Å². The molecule has 2 aromatic rings. The fraction of sp³-hybridized carbons (Fsp3) is 0.333. The van der Waals surface area contributed by atoms with E-state index in [1.807, 2.05) is 12.1 Å². The van der Waals surface area contributed by atoms with Crippen molar-refractivity contribution >= 4 is 33.1 Å². The standard InChI is InChI=1S/C21H27N3O4S/c1-4-5-15-6-8-16(9-7-15)20(25)12-13-21(26)23-18-14-17(29(22,27)28)10-11-19(18)24(2)3/h6-11,14H,4-5,12-13H2,1-3H3,(H,23,26)(H2,22,27,28). The number of ketones is 1. The molecular formula is C21H27N3O4S. The van der Waals surface area contributed by atoms with Crippen LogP contribution in [0, 0.1) is 0 Å². The largest absolute Gasteiger partial charge is 0.376 e. The van der Waals surface area contributed by atoms with Gasteiger partial charge in [-0.2, -0.15) is 0 Å². The third-order valence-electron chi connectivity index (χ3n) is 4.45. The number of rotatable bonds is 9. The summed E-state index contributed by atoms with van der Waals surface area (Å²) in [5, 5.41) is 7.86. The summed E-state index contributed by atoms with van der Waals surface area (Å²) in [5.41, 5.74) is 2.70. The Bertz CT molecular complexity index is 983. The third kappa shape index (κ3) is 6.40. The molecule has 0 saturated carbocycles. The van der Waals surface area contributed by atoms with Crippen LogP contribution < -0.4 is 15.4 Å². The molecular weight excluding hydrogens is 390 g/mol. The van der Waals surface area contributed by atoms with Crippen LogP contribution in [0.25, 0.3) is 0 Å². The van der Waals surface area contributed by atoms with E-state index in [9.17, 15) is 18.0 Å². The van der Waals surface area contributed by atoms with Crippen LogP contribution in [-0.4, -0.2) is 34.2 Å². The minimum Gasteiger partial charge on any atom is -0.376 e. The number of nitrogens with zero attached hydrogens (tertiary/aromatic N) is 1. The molecule has 0 fully saturated rings. The van der Waals surface area contributed by atoms with Gasteiger partial charge in [0.2, 0.25) is 15.9 Å². The number of carbonyl (C=O) groups is 2. The lowest BCUT2D eigenvalue weighted by Crippen LogP contribution is -2.19. The lowest BCUT2D eigenvalue weighted by Gasteiger charge is -2.18. The summed E-state index contributed by atoms with van der Waals surface area (Å²) < 4.78 is 23.2. The van der Waals surface area contributed by atoms with Crippen molar-refractivity contribution in [1.29, 1.82) is 0 Å². The first kappa shape index (κ1) is 22.6. The van der Waals surface area contributed by atoms with Crippen LogP contribution in [0.5, 0.6) is 0 Å². The second-order valence-corrected chi connectivity index (χ2v) is 8.60. The molecule has 8 heteroatoms. The lowest BCUT2D eigenvalue weighted by atomic mass is 10.0. The van der Waals surface area contributed by atoms with E-state index in [1.54, 1.807) is 37.2 Å². The second kappa shape index (κ2) is 9.67. The Labute approximate surface area is 172 Å². The number of primary sulfonamides is 1. The molecule has 2 aromatic carbocycles. The van der Waals surface area contributed by atoms with E-state index in [2.05, 4.69) is 12.2 Å². The van der Waals surface area contributed by atoms with E-state index >= 15 is 0 Å². The number of hydrogen-bond acceptors (Lipinski definition) is 5. The highest BCUT2D eigenvalue weighted by Gasteiger charge is 2.16. The molecule has 0 aliphatic rings. The molecule has 0 aromatic heterocycles. The molecule has 3 N–H and O–H groups in total. The minimum atomic E-state index is -3.90. The quantitative estimate of drug-likeness (QED) is 0.610. The molecule has 1 amide bonds. The number of carbonyl (C=O) groups excluding carboxylic acids is 2. The van der Waals surface area contributed by atoms with Gasteiger partial charge in [-0.15, -0.1) is 0 Å². The van der Waals surface area contributed by atoms with Gasteiger partial charge in [0, 0.05) is 32.5 Å². The Morgan fingerprint density at radius 2 is 1.69 bits per heavy atom. The van der Waals surface area contributed by atoms with Gasteiger partial charge < -0.3 is 10.2 Å². The van der Waals surface area contributed by atoms with Gasteiger partial charge in [-0.1, -0.05) is 37.6 Å². The fourth-order valence-corrected chi connectivity index (χ4v) is 3.45. The average Bonchev–Trinajstić information content (AvgIpc) is 2.66. The maximum Gasteiger partial charge on any atom is 0.238 e. The molecule has 0 unspecified atom stereocenters. The molecule has 156 valence electrons.